The molecule has 61 heavy (non-hydrogen) atoms. The number of hydrogen-bond acceptors (Lipinski definition) is 15. The molecule has 11 atom stereocenters. The number of cyclic esters (lactones) is 1. The van der Waals surface area contributed by atoms with Crippen LogP contribution in [0, 0.1) is 29.6 Å². The van der Waals surface area contributed by atoms with Crippen LogP contribution in [0.1, 0.15) is 110 Å². The van der Waals surface area contributed by atoms with Crippen LogP contribution in [0.2, 0.25) is 0 Å². The molecule has 3 aromatic rings. The minimum Gasteiger partial charge on any atom is -0.462 e. The van der Waals surface area contributed by atoms with Crippen LogP contribution >= 0.6 is 0 Å². The lowest BCUT2D eigenvalue weighted by atomic mass is 9.85. The van der Waals surface area contributed by atoms with Gasteiger partial charge in [0.2, 0.25) is 24.1 Å². The predicted molar refractivity (Wildman–Crippen MR) is 225 cm³/mol. The monoisotopic (exact) mass is 854 g/mol. The van der Waals surface area contributed by atoms with Crippen molar-refractivity contribution >= 4 is 24.2 Å². The third-order valence-electron chi connectivity index (χ3n) is 11.9. The minimum absolute atomic E-state index is 0.0547. The summed E-state index contributed by atoms with van der Waals surface area (Å²) in [5.41, 5.74) is 1.22. The average molecular weight is 855 g/mol. The summed E-state index contributed by atoms with van der Waals surface area (Å²) < 4.78 is 40.6. The van der Waals surface area contributed by atoms with Crippen molar-refractivity contribution in [2.75, 3.05) is 28.4 Å². The molecular formula is C45H66N4O12. The number of esters is 1. The van der Waals surface area contributed by atoms with Gasteiger partial charge < -0.3 is 47.3 Å². The number of amides is 1. The molecule has 0 aromatic carbocycles. The second-order valence-corrected chi connectivity index (χ2v) is 16.5. The summed E-state index contributed by atoms with van der Waals surface area (Å²) >= 11 is 0. The fourth-order valence-corrected chi connectivity index (χ4v) is 7.80. The van der Waals surface area contributed by atoms with Gasteiger partial charge in [0.1, 0.15) is 42.5 Å². The second kappa shape index (κ2) is 24.2. The van der Waals surface area contributed by atoms with Crippen molar-refractivity contribution in [1.29, 1.82) is 0 Å². The Balaban J connectivity index is 1.47. The number of aromatic nitrogens is 3. The Hall–Kier alpha value is -4.48. The topological polar surface area (TPSA) is 210 Å². The number of aliphatic hydroxyl groups excluding tert-OH is 2. The lowest BCUT2D eigenvalue weighted by molar-refractivity contribution is -0.156. The van der Waals surface area contributed by atoms with Crippen LogP contribution in [0.5, 0.6) is 0 Å². The second-order valence-electron chi connectivity index (χ2n) is 16.5. The maximum atomic E-state index is 13.4. The first-order valence-electron chi connectivity index (χ1n) is 21.2. The van der Waals surface area contributed by atoms with Gasteiger partial charge in [0.15, 0.2) is 11.4 Å². The molecule has 16 nitrogen and oxygen atoms in total. The number of aliphatic hydroxyl groups is 2. The fourth-order valence-electron chi connectivity index (χ4n) is 7.80. The molecule has 0 saturated heterocycles. The minimum atomic E-state index is -0.969. The highest BCUT2D eigenvalue weighted by molar-refractivity contribution is 5.81. The van der Waals surface area contributed by atoms with Gasteiger partial charge >= 0.3 is 5.97 Å². The zero-order valence-electron chi connectivity index (χ0n) is 37.1. The number of rotatable bonds is 15. The van der Waals surface area contributed by atoms with E-state index in [1.807, 2.05) is 46.8 Å². The zero-order valence-corrected chi connectivity index (χ0v) is 37.1. The normalized spacial score (nSPS) is 25.3. The lowest BCUT2D eigenvalue weighted by Crippen LogP contribution is -2.35. The number of oxazole rings is 3. The molecule has 0 spiro atoms. The number of carbonyl (C=O) groups excluding carboxylic acids is 3. The van der Waals surface area contributed by atoms with E-state index in [9.17, 15) is 24.6 Å². The molecule has 1 aliphatic heterocycles. The van der Waals surface area contributed by atoms with E-state index >= 15 is 0 Å². The number of carbonyl (C=O) groups is 3. The summed E-state index contributed by atoms with van der Waals surface area (Å²) in [4.78, 5) is 52.8. The number of allylic oxidation sites excluding steroid dienone is 1. The predicted octanol–water partition coefficient (Wildman–Crippen LogP) is 7.22. The van der Waals surface area contributed by atoms with E-state index in [1.165, 1.54) is 30.8 Å². The molecule has 3 aromatic heterocycles. The fraction of sp³-hybridized carbons (Fsp3) is 0.644. The Labute approximate surface area is 359 Å². The number of methoxy groups -OCH3 is 3. The number of ketones is 1. The zero-order chi connectivity index (χ0) is 44.6. The molecule has 338 valence electrons. The number of nitrogens with zero attached hydrogens (tertiary/aromatic N) is 4. The largest absolute Gasteiger partial charge is 0.462 e. The molecule has 0 aliphatic carbocycles. The molecule has 1 amide bonds. The number of fused-ring (bicyclic) bond motifs is 8. The van der Waals surface area contributed by atoms with Gasteiger partial charge in [-0.25, -0.2) is 15.0 Å². The summed E-state index contributed by atoms with van der Waals surface area (Å²) in [6.07, 6.45) is 12.0. The molecule has 16 heteroatoms. The summed E-state index contributed by atoms with van der Waals surface area (Å²) in [5, 5.41) is 22.0. The first-order valence-corrected chi connectivity index (χ1v) is 21.2. The van der Waals surface area contributed by atoms with Crippen molar-refractivity contribution < 1.29 is 56.8 Å². The van der Waals surface area contributed by atoms with Gasteiger partial charge in [-0.15, -0.1) is 0 Å². The molecule has 1 aliphatic rings. The van der Waals surface area contributed by atoms with E-state index in [0.29, 0.717) is 74.3 Å². The first kappa shape index (κ1) is 49.2. The van der Waals surface area contributed by atoms with E-state index < -0.39 is 30.4 Å². The Morgan fingerprint density at radius 1 is 0.967 bits per heavy atom. The van der Waals surface area contributed by atoms with Crippen LogP contribution in [-0.4, -0.2) is 107 Å². The molecule has 0 saturated carbocycles. The van der Waals surface area contributed by atoms with Crippen molar-refractivity contribution in [2.45, 2.75) is 129 Å². The highest BCUT2D eigenvalue weighted by Gasteiger charge is 2.33. The summed E-state index contributed by atoms with van der Waals surface area (Å²) in [7, 11) is 6.38. The highest BCUT2D eigenvalue weighted by atomic mass is 16.5. The maximum absolute atomic E-state index is 13.4. The quantitative estimate of drug-likeness (QED) is 0.114. The van der Waals surface area contributed by atoms with Crippen LogP contribution in [0.3, 0.4) is 0 Å². The van der Waals surface area contributed by atoms with Gasteiger partial charge in [0.25, 0.3) is 0 Å². The van der Waals surface area contributed by atoms with Gasteiger partial charge in [0, 0.05) is 65.2 Å². The van der Waals surface area contributed by atoms with Crippen molar-refractivity contribution in [3.8, 4) is 23.2 Å². The van der Waals surface area contributed by atoms with Crippen LogP contribution in [0.25, 0.3) is 29.2 Å². The molecule has 6 bridgehead atoms. The Morgan fingerprint density at radius 2 is 1.67 bits per heavy atom. The van der Waals surface area contributed by atoms with Gasteiger partial charge in [-0.05, 0) is 56.4 Å². The van der Waals surface area contributed by atoms with E-state index in [-0.39, 0.29) is 72.2 Å². The Bertz CT molecular complexity index is 1850. The standard InChI is InChI=1S/C45H66N4O12/c1-27-13-10-11-16-40-46-34(24-58-40)44-48-35(25-60-44)45-47-33(23-59-45)43(57-9)31(5)36(52)15-12-14-32(51)21-41(54)61-39(27)22-38(55-7)28(2)17-18-37(53)30(4)42(56-8)29(3)19-20-49(6)26-50/h11,16,19-20,23-32,36,38-39,42-43,51-52H,10,12-15,17-18,21-22H2,1-9H3/b16-11+,20-19+/t27-,28+,29-,30+,31+,32+,36+,38+,39+,42-,43+/m1/s1. The average Bonchev–Trinajstić information content (AvgIpc) is 4.04. The molecule has 2 N–H and O–H groups in total. The summed E-state index contributed by atoms with van der Waals surface area (Å²) in [6.45, 7) is 9.70. The SMILES string of the molecule is CO[C@H]([C@H](C)/C=C/N(C)C=O)[C@@H](C)C(=O)CC[C@H](C)[C@H](C[C@@H]1OC(=O)C[C@@H](O)CCC[C@H](O)[C@H](C)[C@H](OC)c2coc(n2)-c2coc(n2)-c2coc(n2)/C=C/CC[C@H]1C)OC. The summed E-state index contributed by atoms with van der Waals surface area (Å²) in [6, 6.07) is 0. The van der Waals surface area contributed by atoms with E-state index in [2.05, 4.69) is 15.0 Å². The van der Waals surface area contributed by atoms with Crippen molar-refractivity contribution in [1.82, 2.24) is 19.9 Å². The van der Waals surface area contributed by atoms with E-state index in [0.717, 1.165) is 0 Å². The van der Waals surface area contributed by atoms with Crippen LogP contribution < -0.4 is 0 Å². The third-order valence-corrected chi connectivity index (χ3v) is 11.9. The molecule has 0 unspecified atom stereocenters. The maximum Gasteiger partial charge on any atom is 0.308 e. The van der Waals surface area contributed by atoms with Crippen molar-refractivity contribution in [3.05, 3.63) is 48.7 Å². The van der Waals surface area contributed by atoms with Gasteiger partial charge in [0.05, 0.1) is 30.8 Å². The number of ether oxygens (including phenoxy) is 4. The summed E-state index contributed by atoms with van der Waals surface area (Å²) in [5.74, 6) is -0.708. The molecular weight excluding hydrogens is 789 g/mol. The van der Waals surface area contributed by atoms with E-state index in [1.54, 1.807) is 33.5 Å². The van der Waals surface area contributed by atoms with Crippen molar-refractivity contribution in [2.24, 2.45) is 29.6 Å². The Kier molecular flexibility index (Phi) is 19.5. The highest BCUT2D eigenvalue weighted by Crippen LogP contribution is 2.33. The van der Waals surface area contributed by atoms with Crippen LogP contribution in [0.15, 0.2) is 50.4 Å². The number of Topliss-reactive ketones (excluding diaryl/α,β-unsaturated/α-hetero) is 1. The van der Waals surface area contributed by atoms with Crippen LogP contribution in [-0.2, 0) is 33.3 Å². The van der Waals surface area contributed by atoms with Crippen LogP contribution in [0.4, 0.5) is 0 Å². The molecule has 4 rings (SSSR count). The number of hydrogen-bond donors (Lipinski definition) is 2. The first-order chi connectivity index (χ1) is 29.2. The van der Waals surface area contributed by atoms with Gasteiger partial charge in [-0.1, -0.05) is 46.8 Å². The molecule has 0 fully saturated rings. The third kappa shape index (κ3) is 14.3. The molecule has 4 heterocycles. The van der Waals surface area contributed by atoms with E-state index in [4.69, 9.17) is 32.2 Å². The van der Waals surface area contributed by atoms with Crippen molar-refractivity contribution in [3.63, 3.8) is 0 Å². The van der Waals surface area contributed by atoms with Gasteiger partial charge in [-0.3, -0.25) is 14.4 Å². The lowest BCUT2D eigenvalue weighted by Gasteiger charge is -2.31. The Morgan fingerprint density at radius 3 is 2.38 bits per heavy atom. The smallest absolute Gasteiger partial charge is 0.308 e. The molecule has 0 radical (unpaired) electrons. The van der Waals surface area contributed by atoms with Gasteiger partial charge in [-0.2, -0.15) is 0 Å².